The van der Waals surface area contributed by atoms with Gasteiger partial charge in [0.25, 0.3) is 11.6 Å². The van der Waals surface area contributed by atoms with Gasteiger partial charge in [-0.15, -0.1) is 0 Å². The van der Waals surface area contributed by atoms with Crippen LogP contribution in [0.1, 0.15) is 24.2 Å². The molecule has 0 unspecified atom stereocenters. The number of carbonyl (C=O) groups is 1. The third kappa shape index (κ3) is 3.67. The molecule has 0 spiro atoms. The monoisotopic (exact) mass is 281 g/mol. The molecule has 0 saturated carbocycles. The van der Waals surface area contributed by atoms with Crippen molar-refractivity contribution in [1.82, 2.24) is 5.32 Å². The van der Waals surface area contributed by atoms with Gasteiger partial charge in [-0.1, -0.05) is 13.8 Å². The topological polar surface area (TPSA) is 104 Å². The number of benzene rings is 1. The number of rotatable bonds is 6. The minimum atomic E-state index is -0.552. The third-order valence-corrected chi connectivity index (χ3v) is 3.03. The van der Waals surface area contributed by atoms with Crippen LogP contribution in [0.2, 0.25) is 0 Å². The molecule has 0 aromatic heterocycles. The van der Waals surface area contributed by atoms with Crippen LogP contribution in [0.3, 0.4) is 0 Å². The van der Waals surface area contributed by atoms with Crippen molar-refractivity contribution >= 4 is 17.3 Å². The number of nitrogens with one attached hydrogen (secondary N) is 2. The van der Waals surface area contributed by atoms with Gasteiger partial charge in [0.1, 0.15) is 5.69 Å². The normalized spacial score (nSPS) is 12.1. The van der Waals surface area contributed by atoms with E-state index in [4.69, 9.17) is 0 Å². The highest BCUT2D eigenvalue weighted by Crippen LogP contribution is 2.27. The van der Waals surface area contributed by atoms with Crippen molar-refractivity contribution in [2.24, 2.45) is 5.92 Å². The number of carbonyl (C=O) groups excluding carboxylic acids is 1. The highest BCUT2D eigenvalue weighted by molar-refractivity contribution is 5.95. The van der Waals surface area contributed by atoms with Crippen molar-refractivity contribution in [3.05, 3.63) is 33.9 Å². The number of nitro benzene ring substituents is 1. The van der Waals surface area contributed by atoms with E-state index in [2.05, 4.69) is 10.6 Å². The molecule has 20 heavy (non-hydrogen) atoms. The molecule has 1 rings (SSSR count). The first-order valence-electron chi connectivity index (χ1n) is 6.28. The van der Waals surface area contributed by atoms with Gasteiger partial charge in [-0.2, -0.15) is 0 Å². The summed E-state index contributed by atoms with van der Waals surface area (Å²) in [5, 5.41) is 25.7. The van der Waals surface area contributed by atoms with E-state index in [9.17, 15) is 20.0 Å². The Kier molecular flexibility index (Phi) is 5.45. The summed E-state index contributed by atoms with van der Waals surface area (Å²) >= 11 is 0. The molecule has 0 bridgehead atoms. The fourth-order valence-corrected chi connectivity index (χ4v) is 1.71. The highest BCUT2D eigenvalue weighted by atomic mass is 16.6. The lowest BCUT2D eigenvalue weighted by Gasteiger charge is -2.21. The number of aliphatic hydroxyl groups excluding tert-OH is 1. The van der Waals surface area contributed by atoms with Crippen LogP contribution >= 0.6 is 0 Å². The van der Waals surface area contributed by atoms with E-state index >= 15 is 0 Å². The highest BCUT2D eigenvalue weighted by Gasteiger charge is 2.20. The summed E-state index contributed by atoms with van der Waals surface area (Å²) in [4.78, 5) is 22.0. The molecule has 0 aliphatic rings. The van der Waals surface area contributed by atoms with Crippen LogP contribution < -0.4 is 10.6 Å². The molecule has 7 nitrogen and oxygen atoms in total. The first kappa shape index (κ1) is 15.9. The minimum Gasteiger partial charge on any atom is -0.394 e. The Bertz CT molecular complexity index is 502. The van der Waals surface area contributed by atoms with Gasteiger partial charge in [0.15, 0.2) is 0 Å². The Morgan fingerprint density at radius 3 is 2.55 bits per heavy atom. The number of amides is 1. The average Bonchev–Trinajstić information content (AvgIpc) is 2.43. The molecule has 0 radical (unpaired) electrons. The van der Waals surface area contributed by atoms with Gasteiger partial charge in [-0.3, -0.25) is 14.9 Å². The van der Waals surface area contributed by atoms with Crippen molar-refractivity contribution in [3.63, 3.8) is 0 Å². The second-order valence-corrected chi connectivity index (χ2v) is 4.75. The SMILES string of the molecule is CNC(=O)c1ccc(N[C@H](CO)C(C)C)c([N+](=O)[O-])c1. The zero-order chi connectivity index (χ0) is 15.3. The first-order chi connectivity index (χ1) is 9.40. The summed E-state index contributed by atoms with van der Waals surface area (Å²) < 4.78 is 0. The summed E-state index contributed by atoms with van der Waals surface area (Å²) in [6.45, 7) is 3.67. The van der Waals surface area contributed by atoms with E-state index in [1.165, 1.54) is 25.2 Å². The Hall–Kier alpha value is -2.15. The molecular formula is C13H19N3O4. The van der Waals surface area contributed by atoms with Crippen LogP contribution in [0.25, 0.3) is 0 Å². The largest absolute Gasteiger partial charge is 0.394 e. The van der Waals surface area contributed by atoms with Crippen molar-refractivity contribution < 1.29 is 14.8 Å². The number of nitrogens with zero attached hydrogens (tertiary/aromatic N) is 1. The van der Waals surface area contributed by atoms with Gasteiger partial charge in [0.05, 0.1) is 17.6 Å². The van der Waals surface area contributed by atoms with Crippen molar-refractivity contribution in [3.8, 4) is 0 Å². The van der Waals surface area contributed by atoms with Crippen LogP contribution in [0.4, 0.5) is 11.4 Å². The van der Waals surface area contributed by atoms with Crippen molar-refractivity contribution in [1.29, 1.82) is 0 Å². The fraction of sp³-hybridized carbons (Fsp3) is 0.462. The van der Waals surface area contributed by atoms with Crippen LogP contribution in [-0.4, -0.2) is 35.6 Å². The molecular weight excluding hydrogens is 262 g/mol. The molecule has 110 valence electrons. The predicted molar refractivity (Wildman–Crippen MR) is 75.8 cm³/mol. The quantitative estimate of drug-likeness (QED) is 0.540. The minimum absolute atomic E-state index is 0.109. The molecule has 1 aromatic carbocycles. The summed E-state index contributed by atoms with van der Waals surface area (Å²) in [6, 6.07) is 3.91. The summed E-state index contributed by atoms with van der Waals surface area (Å²) in [5.41, 5.74) is 0.315. The fourth-order valence-electron chi connectivity index (χ4n) is 1.71. The van der Waals surface area contributed by atoms with Crippen LogP contribution in [-0.2, 0) is 0 Å². The molecule has 0 aliphatic heterocycles. The lowest BCUT2D eigenvalue weighted by molar-refractivity contribution is -0.384. The number of hydrogen-bond donors (Lipinski definition) is 3. The van der Waals surface area contributed by atoms with Gasteiger partial charge >= 0.3 is 0 Å². The van der Waals surface area contributed by atoms with E-state index < -0.39 is 4.92 Å². The molecule has 1 aromatic rings. The van der Waals surface area contributed by atoms with Crippen LogP contribution in [0.5, 0.6) is 0 Å². The molecule has 3 N–H and O–H groups in total. The molecule has 1 amide bonds. The van der Waals surface area contributed by atoms with Gasteiger partial charge in [0, 0.05) is 18.7 Å². The number of aliphatic hydroxyl groups is 1. The second kappa shape index (κ2) is 6.85. The Balaban J connectivity index is 3.13. The molecule has 7 heteroatoms. The van der Waals surface area contributed by atoms with Gasteiger partial charge in [-0.05, 0) is 18.1 Å². The Morgan fingerprint density at radius 2 is 2.10 bits per heavy atom. The van der Waals surface area contributed by atoms with E-state index in [0.717, 1.165) is 0 Å². The predicted octanol–water partition coefficient (Wildman–Crippen LogP) is 1.38. The second-order valence-electron chi connectivity index (χ2n) is 4.75. The summed E-state index contributed by atoms with van der Waals surface area (Å²) in [7, 11) is 1.46. The lowest BCUT2D eigenvalue weighted by Crippen LogP contribution is -2.29. The number of hydrogen-bond acceptors (Lipinski definition) is 5. The van der Waals surface area contributed by atoms with E-state index in [-0.39, 0.29) is 41.4 Å². The molecule has 0 fully saturated rings. The summed E-state index contributed by atoms with van der Waals surface area (Å²) in [5.74, 6) is -0.277. The Morgan fingerprint density at radius 1 is 1.45 bits per heavy atom. The maximum absolute atomic E-state index is 11.5. The standard InChI is InChI=1S/C13H19N3O4/c1-8(2)11(7-17)15-10-5-4-9(13(18)14-3)6-12(10)16(19)20/h4-6,8,11,15,17H,7H2,1-3H3,(H,14,18)/t11-/m1/s1. The first-order valence-corrected chi connectivity index (χ1v) is 6.28. The maximum Gasteiger partial charge on any atom is 0.293 e. The van der Waals surface area contributed by atoms with Crippen molar-refractivity contribution in [2.75, 3.05) is 19.0 Å². The lowest BCUT2D eigenvalue weighted by atomic mass is 10.0. The maximum atomic E-state index is 11.5. The van der Waals surface area contributed by atoms with E-state index in [1.54, 1.807) is 0 Å². The van der Waals surface area contributed by atoms with Crippen LogP contribution in [0, 0.1) is 16.0 Å². The molecule has 1 atom stereocenters. The Labute approximate surface area is 117 Å². The third-order valence-electron chi connectivity index (χ3n) is 3.03. The van der Waals surface area contributed by atoms with Gasteiger partial charge in [-0.25, -0.2) is 0 Å². The number of nitro groups is 1. The smallest absolute Gasteiger partial charge is 0.293 e. The molecule has 0 saturated heterocycles. The zero-order valence-electron chi connectivity index (χ0n) is 11.7. The summed E-state index contributed by atoms with van der Waals surface area (Å²) in [6.07, 6.45) is 0. The van der Waals surface area contributed by atoms with E-state index in [1.807, 2.05) is 13.8 Å². The molecule has 0 heterocycles. The average molecular weight is 281 g/mol. The van der Waals surface area contributed by atoms with Crippen LogP contribution in [0.15, 0.2) is 18.2 Å². The zero-order valence-corrected chi connectivity index (χ0v) is 11.7. The van der Waals surface area contributed by atoms with E-state index in [0.29, 0.717) is 0 Å². The molecule has 0 aliphatic carbocycles. The number of anilines is 1. The van der Waals surface area contributed by atoms with Crippen molar-refractivity contribution in [2.45, 2.75) is 19.9 Å². The van der Waals surface area contributed by atoms with Gasteiger partial charge < -0.3 is 15.7 Å². The van der Waals surface area contributed by atoms with Gasteiger partial charge in [0.2, 0.25) is 0 Å².